The second-order valence-corrected chi connectivity index (χ2v) is 6.11. The van der Waals surface area contributed by atoms with Gasteiger partial charge in [0.15, 0.2) is 0 Å². The van der Waals surface area contributed by atoms with Crippen molar-refractivity contribution in [2.24, 2.45) is 17.1 Å². The van der Waals surface area contributed by atoms with Crippen LogP contribution >= 0.6 is 0 Å². The summed E-state index contributed by atoms with van der Waals surface area (Å²) in [4.78, 5) is 23.4. The Balaban J connectivity index is 4.71. The minimum atomic E-state index is -1.39. The van der Waals surface area contributed by atoms with Crippen molar-refractivity contribution in [3.05, 3.63) is 0 Å². The Labute approximate surface area is 115 Å². The fraction of sp³-hybridized carbons (Fsp3) is 0.857. The number of rotatable bonds is 8. The van der Waals surface area contributed by atoms with Crippen LogP contribution in [0.3, 0.4) is 0 Å². The summed E-state index contributed by atoms with van der Waals surface area (Å²) >= 11 is 0. The molecule has 112 valence electrons. The van der Waals surface area contributed by atoms with Gasteiger partial charge in [0, 0.05) is 6.54 Å². The molecule has 0 fully saturated rings. The molecule has 0 rings (SSSR count). The molecule has 0 bridgehead atoms. The summed E-state index contributed by atoms with van der Waals surface area (Å²) < 4.78 is 0. The Bertz CT molecular complexity index is 327. The SMILES string of the molecule is CCCCC(O)(C(=O)NCC(C)(C)C(N)=O)C(C)C. The van der Waals surface area contributed by atoms with Crippen LogP contribution in [0.5, 0.6) is 0 Å². The van der Waals surface area contributed by atoms with Gasteiger partial charge in [-0.15, -0.1) is 0 Å². The van der Waals surface area contributed by atoms with Crippen molar-refractivity contribution in [1.82, 2.24) is 5.32 Å². The number of aliphatic hydroxyl groups is 1. The van der Waals surface area contributed by atoms with E-state index in [0.29, 0.717) is 6.42 Å². The molecule has 0 saturated heterocycles. The van der Waals surface area contributed by atoms with Gasteiger partial charge in [-0.1, -0.05) is 33.6 Å². The third-order valence-corrected chi connectivity index (χ3v) is 3.62. The highest BCUT2D eigenvalue weighted by Crippen LogP contribution is 2.24. The van der Waals surface area contributed by atoms with E-state index in [4.69, 9.17) is 5.73 Å². The van der Waals surface area contributed by atoms with Crippen LogP contribution in [0.4, 0.5) is 0 Å². The Hall–Kier alpha value is -1.10. The summed E-state index contributed by atoms with van der Waals surface area (Å²) in [5.74, 6) is -1.09. The predicted octanol–water partition coefficient (Wildman–Crippen LogP) is 1.19. The van der Waals surface area contributed by atoms with Gasteiger partial charge in [0.25, 0.3) is 5.91 Å². The van der Waals surface area contributed by atoms with Crippen LogP contribution in [0.15, 0.2) is 0 Å². The molecule has 1 atom stereocenters. The molecule has 1 unspecified atom stereocenters. The summed E-state index contributed by atoms with van der Waals surface area (Å²) in [7, 11) is 0. The van der Waals surface area contributed by atoms with E-state index < -0.39 is 22.8 Å². The number of unbranched alkanes of at least 4 members (excludes halogenated alkanes) is 1. The van der Waals surface area contributed by atoms with Crippen molar-refractivity contribution >= 4 is 11.8 Å². The average molecular weight is 272 g/mol. The van der Waals surface area contributed by atoms with Crippen molar-refractivity contribution in [3.8, 4) is 0 Å². The number of hydrogen-bond donors (Lipinski definition) is 3. The van der Waals surface area contributed by atoms with E-state index in [2.05, 4.69) is 5.32 Å². The van der Waals surface area contributed by atoms with Gasteiger partial charge in [0.05, 0.1) is 5.41 Å². The summed E-state index contributed by atoms with van der Waals surface area (Å²) in [6.07, 6.45) is 2.11. The maximum absolute atomic E-state index is 12.2. The molecule has 0 aromatic heterocycles. The van der Waals surface area contributed by atoms with E-state index in [9.17, 15) is 14.7 Å². The van der Waals surface area contributed by atoms with Crippen LogP contribution in [0.25, 0.3) is 0 Å². The Morgan fingerprint density at radius 1 is 1.32 bits per heavy atom. The zero-order valence-electron chi connectivity index (χ0n) is 12.7. The Kier molecular flexibility index (Phi) is 6.49. The quantitative estimate of drug-likeness (QED) is 0.619. The lowest BCUT2D eigenvalue weighted by Gasteiger charge is -2.32. The maximum atomic E-state index is 12.2. The summed E-state index contributed by atoms with van der Waals surface area (Å²) in [6, 6.07) is 0. The number of nitrogens with one attached hydrogen (secondary N) is 1. The first-order valence-corrected chi connectivity index (χ1v) is 6.88. The first kappa shape index (κ1) is 17.9. The van der Waals surface area contributed by atoms with Crippen molar-refractivity contribution in [2.75, 3.05) is 6.54 Å². The molecule has 5 heteroatoms. The highest BCUT2D eigenvalue weighted by molar-refractivity contribution is 5.86. The van der Waals surface area contributed by atoms with Gasteiger partial charge in [-0.05, 0) is 26.2 Å². The molecule has 0 heterocycles. The number of primary amides is 1. The van der Waals surface area contributed by atoms with Crippen molar-refractivity contribution < 1.29 is 14.7 Å². The second-order valence-electron chi connectivity index (χ2n) is 6.11. The van der Waals surface area contributed by atoms with E-state index >= 15 is 0 Å². The molecular formula is C14H28N2O3. The molecule has 0 aliphatic carbocycles. The zero-order valence-corrected chi connectivity index (χ0v) is 12.7. The molecule has 2 amide bonds. The Morgan fingerprint density at radius 2 is 1.84 bits per heavy atom. The second kappa shape index (κ2) is 6.89. The maximum Gasteiger partial charge on any atom is 0.252 e. The lowest BCUT2D eigenvalue weighted by atomic mass is 9.84. The summed E-state index contributed by atoms with van der Waals surface area (Å²) in [5, 5.41) is 13.1. The predicted molar refractivity (Wildman–Crippen MR) is 75.3 cm³/mol. The van der Waals surface area contributed by atoms with Crippen molar-refractivity contribution in [2.45, 2.75) is 59.5 Å². The summed E-state index contributed by atoms with van der Waals surface area (Å²) in [5.41, 5.74) is 3.05. The fourth-order valence-corrected chi connectivity index (χ4v) is 1.65. The van der Waals surface area contributed by atoms with E-state index in [-0.39, 0.29) is 12.5 Å². The third-order valence-electron chi connectivity index (χ3n) is 3.62. The molecule has 19 heavy (non-hydrogen) atoms. The van der Waals surface area contributed by atoms with Gasteiger partial charge < -0.3 is 16.2 Å². The van der Waals surface area contributed by atoms with Crippen LogP contribution in [0.1, 0.15) is 53.9 Å². The standard InChI is InChI=1S/C14H28N2O3/c1-6-7-8-14(19,10(2)3)12(18)16-9-13(4,5)11(15)17/h10,19H,6-9H2,1-5H3,(H2,15,17)(H,16,18). The average Bonchev–Trinajstić information content (AvgIpc) is 2.32. The molecule has 4 N–H and O–H groups in total. The van der Waals surface area contributed by atoms with Crippen LogP contribution in [0.2, 0.25) is 0 Å². The highest BCUT2D eigenvalue weighted by Gasteiger charge is 2.39. The first-order chi connectivity index (χ1) is 8.58. The third kappa shape index (κ3) is 4.82. The molecule has 0 radical (unpaired) electrons. The topological polar surface area (TPSA) is 92.4 Å². The molecule has 0 saturated carbocycles. The summed E-state index contributed by atoms with van der Waals surface area (Å²) in [6.45, 7) is 9.09. The Morgan fingerprint density at radius 3 is 2.21 bits per heavy atom. The molecule has 0 aliphatic heterocycles. The lowest BCUT2D eigenvalue weighted by molar-refractivity contribution is -0.146. The van der Waals surface area contributed by atoms with Gasteiger partial charge in [0.1, 0.15) is 5.60 Å². The molecule has 5 nitrogen and oxygen atoms in total. The molecule has 0 aromatic carbocycles. The number of carbonyl (C=O) groups excluding carboxylic acids is 2. The van der Waals surface area contributed by atoms with E-state index in [1.807, 2.05) is 20.8 Å². The van der Waals surface area contributed by atoms with Gasteiger partial charge >= 0.3 is 0 Å². The number of hydrogen-bond acceptors (Lipinski definition) is 3. The minimum absolute atomic E-state index is 0.127. The normalized spacial score (nSPS) is 15.1. The molecular weight excluding hydrogens is 244 g/mol. The molecule has 0 aliphatic rings. The highest BCUT2D eigenvalue weighted by atomic mass is 16.3. The van der Waals surface area contributed by atoms with Crippen LogP contribution in [-0.4, -0.2) is 29.1 Å². The van der Waals surface area contributed by atoms with E-state index in [1.165, 1.54) is 0 Å². The number of nitrogens with two attached hydrogens (primary N) is 1. The van der Waals surface area contributed by atoms with Crippen molar-refractivity contribution in [1.29, 1.82) is 0 Å². The number of carbonyl (C=O) groups is 2. The van der Waals surface area contributed by atoms with Gasteiger partial charge in [-0.25, -0.2) is 0 Å². The zero-order chi connectivity index (χ0) is 15.3. The van der Waals surface area contributed by atoms with Gasteiger partial charge in [0.2, 0.25) is 5.91 Å². The van der Waals surface area contributed by atoms with Crippen LogP contribution < -0.4 is 11.1 Å². The van der Waals surface area contributed by atoms with E-state index in [1.54, 1.807) is 13.8 Å². The van der Waals surface area contributed by atoms with Crippen molar-refractivity contribution in [3.63, 3.8) is 0 Å². The smallest absolute Gasteiger partial charge is 0.252 e. The minimum Gasteiger partial charge on any atom is -0.380 e. The number of amides is 2. The largest absolute Gasteiger partial charge is 0.380 e. The monoisotopic (exact) mass is 272 g/mol. The fourth-order valence-electron chi connectivity index (χ4n) is 1.65. The van der Waals surface area contributed by atoms with E-state index in [0.717, 1.165) is 12.8 Å². The van der Waals surface area contributed by atoms with Gasteiger partial charge in [-0.3, -0.25) is 9.59 Å². The molecule has 0 aromatic rings. The van der Waals surface area contributed by atoms with Crippen LogP contribution in [0, 0.1) is 11.3 Å². The first-order valence-electron chi connectivity index (χ1n) is 6.88. The van der Waals surface area contributed by atoms with Gasteiger partial charge in [-0.2, -0.15) is 0 Å². The lowest BCUT2D eigenvalue weighted by Crippen LogP contribution is -2.53. The van der Waals surface area contributed by atoms with Crippen LogP contribution in [-0.2, 0) is 9.59 Å². The molecule has 0 spiro atoms.